The third kappa shape index (κ3) is 3.55. The van der Waals surface area contributed by atoms with Crippen LogP contribution in [0.25, 0.3) is 11.3 Å². The first kappa shape index (κ1) is 19.4. The molecule has 1 saturated carbocycles. The Bertz CT molecular complexity index is 768. The van der Waals surface area contributed by atoms with Crippen LogP contribution in [0.1, 0.15) is 24.8 Å². The number of H-pyrrole nitrogens is 1. The first-order valence-corrected chi connectivity index (χ1v) is 10.0. The number of hydrogen-bond donors (Lipinski definition) is 3. The lowest BCUT2D eigenvalue weighted by atomic mass is 9.58. The number of nitrogens with zero attached hydrogens (tertiary/aromatic N) is 2. The van der Waals surface area contributed by atoms with Gasteiger partial charge in [-0.1, -0.05) is 0 Å². The van der Waals surface area contributed by atoms with E-state index in [0.717, 1.165) is 55.9 Å². The first-order valence-electron chi connectivity index (χ1n) is 10.0. The second-order valence-corrected chi connectivity index (χ2v) is 7.91. The summed E-state index contributed by atoms with van der Waals surface area (Å²) in [5, 5.41) is 17.8. The number of rotatable bonds is 7. The van der Waals surface area contributed by atoms with Crippen LogP contribution in [0.5, 0.6) is 5.75 Å². The van der Waals surface area contributed by atoms with Crippen molar-refractivity contribution in [2.45, 2.75) is 38.0 Å². The molecule has 1 aliphatic carbocycles. The fraction of sp³-hybridized carbons (Fsp3) is 0.571. The summed E-state index contributed by atoms with van der Waals surface area (Å²) in [4.78, 5) is 2.44. The minimum absolute atomic E-state index is 0.0825. The second kappa shape index (κ2) is 8.21. The second-order valence-electron chi connectivity index (χ2n) is 7.91. The van der Waals surface area contributed by atoms with Gasteiger partial charge in [0.15, 0.2) is 0 Å². The van der Waals surface area contributed by atoms with Crippen molar-refractivity contribution >= 4 is 0 Å². The van der Waals surface area contributed by atoms with E-state index < -0.39 is 0 Å². The van der Waals surface area contributed by atoms with Crippen molar-refractivity contribution in [1.29, 1.82) is 0 Å². The summed E-state index contributed by atoms with van der Waals surface area (Å²) in [6, 6.07) is 8.02. The Balaban J connectivity index is 1.39. The zero-order valence-electron chi connectivity index (χ0n) is 16.4. The van der Waals surface area contributed by atoms with E-state index in [1.807, 2.05) is 30.5 Å². The highest BCUT2D eigenvalue weighted by Crippen LogP contribution is 2.51. The number of ether oxygens (including phenoxy) is 2. The molecule has 2 atom stereocenters. The molecule has 1 aromatic carbocycles. The summed E-state index contributed by atoms with van der Waals surface area (Å²) in [7, 11) is 1.67. The van der Waals surface area contributed by atoms with Gasteiger partial charge in [0, 0.05) is 36.1 Å². The number of piperidine rings is 1. The number of nitrogens with two attached hydrogens (primary N) is 1. The molecular formula is C21H30N4O3. The van der Waals surface area contributed by atoms with E-state index >= 15 is 0 Å². The number of benzene rings is 1. The van der Waals surface area contributed by atoms with Gasteiger partial charge in [0.2, 0.25) is 0 Å². The molecule has 1 aliphatic heterocycles. The summed E-state index contributed by atoms with van der Waals surface area (Å²) in [6.45, 7) is 3.85. The van der Waals surface area contributed by atoms with E-state index in [-0.39, 0.29) is 17.6 Å². The number of likely N-dealkylation sites (tertiary alicyclic amines) is 1. The average Bonchev–Trinajstić information content (AvgIpc) is 3.19. The number of aliphatic hydroxyl groups is 1. The van der Waals surface area contributed by atoms with E-state index in [9.17, 15) is 5.11 Å². The van der Waals surface area contributed by atoms with Gasteiger partial charge in [-0.2, -0.15) is 5.10 Å². The number of aliphatic hydroxyl groups excluding tert-OH is 1. The van der Waals surface area contributed by atoms with Crippen molar-refractivity contribution in [1.82, 2.24) is 15.1 Å². The maximum atomic E-state index is 10.4. The van der Waals surface area contributed by atoms with Crippen LogP contribution in [0.15, 0.2) is 30.5 Å². The van der Waals surface area contributed by atoms with E-state index in [1.54, 1.807) is 7.11 Å². The predicted molar refractivity (Wildman–Crippen MR) is 107 cm³/mol. The van der Waals surface area contributed by atoms with Crippen LogP contribution < -0.4 is 10.5 Å². The molecule has 2 aliphatic rings. The summed E-state index contributed by atoms with van der Waals surface area (Å²) in [5.74, 6) is 0.844. The van der Waals surface area contributed by atoms with Gasteiger partial charge in [0.25, 0.3) is 0 Å². The molecule has 0 amide bonds. The van der Waals surface area contributed by atoms with Gasteiger partial charge in [-0.15, -0.1) is 0 Å². The lowest BCUT2D eigenvalue weighted by Gasteiger charge is -2.56. The highest BCUT2D eigenvalue weighted by atomic mass is 16.5. The Hall–Kier alpha value is -1.93. The SMILES string of the molecule is COc1ccc(-c2[nH]ncc2CN2CCC3(CC2)[C@H](O)C[C@@H]3OCCN)cc1. The van der Waals surface area contributed by atoms with E-state index in [1.165, 1.54) is 5.56 Å². The minimum atomic E-state index is -0.249. The van der Waals surface area contributed by atoms with Crippen LogP contribution in [-0.2, 0) is 11.3 Å². The highest BCUT2D eigenvalue weighted by molar-refractivity contribution is 5.63. The Morgan fingerprint density at radius 1 is 1.29 bits per heavy atom. The fourth-order valence-corrected chi connectivity index (χ4v) is 4.63. The number of hydrogen-bond acceptors (Lipinski definition) is 6. The maximum absolute atomic E-state index is 10.4. The summed E-state index contributed by atoms with van der Waals surface area (Å²) >= 11 is 0. The van der Waals surface area contributed by atoms with Crippen LogP contribution in [-0.4, -0.2) is 65.8 Å². The van der Waals surface area contributed by atoms with Crippen LogP contribution in [0.3, 0.4) is 0 Å². The van der Waals surface area contributed by atoms with Crippen LogP contribution >= 0.6 is 0 Å². The van der Waals surface area contributed by atoms with Gasteiger partial charge < -0.3 is 20.3 Å². The van der Waals surface area contributed by atoms with Crippen molar-refractivity contribution < 1.29 is 14.6 Å². The van der Waals surface area contributed by atoms with Crippen molar-refractivity contribution in [3.05, 3.63) is 36.0 Å². The Morgan fingerprint density at radius 3 is 2.68 bits per heavy atom. The lowest BCUT2D eigenvalue weighted by molar-refractivity contribution is -0.210. The molecule has 1 saturated heterocycles. The van der Waals surface area contributed by atoms with Crippen molar-refractivity contribution in [2.75, 3.05) is 33.4 Å². The molecule has 2 fully saturated rings. The first-order chi connectivity index (χ1) is 13.7. The molecule has 2 heterocycles. The smallest absolute Gasteiger partial charge is 0.118 e. The lowest BCUT2D eigenvalue weighted by Crippen LogP contribution is -2.62. The average molecular weight is 386 g/mol. The number of nitrogens with one attached hydrogen (secondary N) is 1. The van der Waals surface area contributed by atoms with Crippen molar-refractivity contribution in [2.24, 2.45) is 11.1 Å². The molecular weight excluding hydrogens is 356 g/mol. The monoisotopic (exact) mass is 386 g/mol. The van der Waals surface area contributed by atoms with Gasteiger partial charge >= 0.3 is 0 Å². The molecule has 1 aromatic heterocycles. The predicted octanol–water partition coefficient (Wildman–Crippen LogP) is 1.78. The third-order valence-electron chi connectivity index (χ3n) is 6.46. The minimum Gasteiger partial charge on any atom is -0.497 e. The van der Waals surface area contributed by atoms with E-state index in [4.69, 9.17) is 15.2 Å². The topological polar surface area (TPSA) is 96.6 Å². The Morgan fingerprint density at radius 2 is 2.04 bits per heavy atom. The van der Waals surface area contributed by atoms with Gasteiger partial charge in [-0.05, 0) is 50.2 Å². The number of aromatic amines is 1. The zero-order valence-corrected chi connectivity index (χ0v) is 16.4. The summed E-state index contributed by atoms with van der Waals surface area (Å²) < 4.78 is 11.1. The van der Waals surface area contributed by atoms with Crippen LogP contribution in [0.4, 0.5) is 0 Å². The maximum Gasteiger partial charge on any atom is 0.118 e. The highest BCUT2D eigenvalue weighted by Gasteiger charge is 2.56. The van der Waals surface area contributed by atoms with Crippen LogP contribution in [0, 0.1) is 5.41 Å². The third-order valence-corrected chi connectivity index (χ3v) is 6.46. The molecule has 28 heavy (non-hydrogen) atoms. The Labute approximate surface area is 165 Å². The van der Waals surface area contributed by atoms with Crippen molar-refractivity contribution in [3.63, 3.8) is 0 Å². The number of aromatic nitrogens is 2. The van der Waals surface area contributed by atoms with Crippen molar-refractivity contribution in [3.8, 4) is 17.0 Å². The zero-order chi connectivity index (χ0) is 19.6. The molecule has 152 valence electrons. The standard InChI is InChI=1S/C21H30N4O3/c1-27-17-4-2-15(3-5-17)20-16(13-23-24-20)14-25-9-6-21(7-10-25)18(26)12-19(21)28-11-8-22/h2-5,13,18-19,26H,6-12,14,22H2,1H3,(H,23,24)/t18-,19+/m1/s1. The molecule has 0 bridgehead atoms. The molecule has 4 N–H and O–H groups in total. The fourth-order valence-electron chi connectivity index (χ4n) is 4.63. The molecule has 0 radical (unpaired) electrons. The molecule has 4 rings (SSSR count). The van der Waals surface area contributed by atoms with Gasteiger partial charge in [-0.25, -0.2) is 0 Å². The Kier molecular flexibility index (Phi) is 5.68. The van der Waals surface area contributed by atoms with E-state index in [0.29, 0.717) is 13.2 Å². The largest absolute Gasteiger partial charge is 0.497 e. The molecule has 1 spiro atoms. The molecule has 2 aromatic rings. The van der Waals surface area contributed by atoms with E-state index in [2.05, 4.69) is 15.1 Å². The molecule has 7 heteroatoms. The van der Waals surface area contributed by atoms with Gasteiger partial charge in [0.1, 0.15) is 5.75 Å². The normalized spacial score (nSPS) is 24.2. The summed E-state index contributed by atoms with van der Waals surface area (Å²) in [5.41, 5.74) is 8.83. The quantitative estimate of drug-likeness (QED) is 0.671. The molecule has 0 unspecified atom stereocenters. The van der Waals surface area contributed by atoms with Crippen LogP contribution in [0.2, 0.25) is 0 Å². The van der Waals surface area contributed by atoms with Gasteiger partial charge in [0.05, 0.1) is 37.8 Å². The number of methoxy groups -OCH3 is 1. The van der Waals surface area contributed by atoms with Gasteiger partial charge in [-0.3, -0.25) is 10.00 Å². The molecule has 7 nitrogen and oxygen atoms in total. The summed E-state index contributed by atoms with van der Waals surface area (Å²) in [6.07, 6.45) is 4.47.